The second-order valence-corrected chi connectivity index (χ2v) is 8.27. The maximum Gasteiger partial charge on any atom is 0.224 e. The lowest BCUT2D eigenvalue weighted by Gasteiger charge is -2.24. The average Bonchev–Trinajstić information content (AvgIpc) is 2.55. The molecule has 0 radical (unpaired) electrons. The summed E-state index contributed by atoms with van der Waals surface area (Å²) in [5, 5.41) is 5.50. The quantitative estimate of drug-likeness (QED) is 0.452. The molecule has 0 rings (SSSR count). The van der Waals surface area contributed by atoms with Crippen molar-refractivity contribution in [3.05, 3.63) is 0 Å². The predicted molar refractivity (Wildman–Crippen MR) is 107 cm³/mol. The number of rotatable bonds is 14. The maximum absolute atomic E-state index is 12.8. The molecule has 6 nitrogen and oxygen atoms in total. The molecule has 2 amide bonds. The van der Waals surface area contributed by atoms with E-state index in [-0.39, 0.29) is 35.9 Å². The molecule has 0 unspecified atom stereocenters. The molecule has 0 bridgehead atoms. The molecular formula is C21H38N2O4. The number of nitrogens with one attached hydrogen (secondary N) is 2. The molecule has 0 aromatic carbocycles. The van der Waals surface area contributed by atoms with E-state index < -0.39 is 18.0 Å². The van der Waals surface area contributed by atoms with Crippen molar-refractivity contribution in [3.8, 4) is 0 Å². The van der Waals surface area contributed by atoms with Gasteiger partial charge in [-0.05, 0) is 31.1 Å². The molecule has 0 aromatic rings. The first kappa shape index (κ1) is 25.3. The Morgan fingerprint density at radius 1 is 0.963 bits per heavy atom. The normalized spacial score (nSPS) is 14.5. The minimum Gasteiger partial charge on any atom is -0.347 e. The standard InChI is InChI=1S/C21H38N2O4/c1-7-8-9-18(13-24)23-21(27)17(10-14(2)3)12-20(26)19(11-15(4)5)22-16(6)25/h13-15,17-19H,7-12H2,1-6H3,(H,22,25)(H,23,27)/t17-,18+,19+/m1/s1. The molecule has 0 aliphatic carbocycles. The summed E-state index contributed by atoms with van der Waals surface area (Å²) in [7, 11) is 0. The third kappa shape index (κ3) is 11.6. The van der Waals surface area contributed by atoms with Crippen LogP contribution in [-0.2, 0) is 19.2 Å². The number of amides is 2. The number of aldehydes is 1. The van der Waals surface area contributed by atoms with Gasteiger partial charge in [0.05, 0.1) is 12.1 Å². The van der Waals surface area contributed by atoms with Crippen molar-refractivity contribution >= 4 is 23.9 Å². The van der Waals surface area contributed by atoms with Crippen LogP contribution < -0.4 is 10.6 Å². The van der Waals surface area contributed by atoms with Crippen molar-refractivity contribution in [1.82, 2.24) is 10.6 Å². The van der Waals surface area contributed by atoms with Crippen LogP contribution in [0.1, 0.15) is 80.1 Å². The van der Waals surface area contributed by atoms with Crippen LogP contribution in [0, 0.1) is 17.8 Å². The Morgan fingerprint density at radius 3 is 2.00 bits per heavy atom. The molecule has 2 N–H and O–H groups in total. The molecule has 0 saturated heterocycles. The number of hydrogen-bond donors (Lipinski definition) is 2. The Hall–Kier alpha value is -1.72. The summed E-state index contributed by atoms with van der Waals surface area (Å²) in [5.41, 5.74) is 0. The number of Topliss-reactive ketones (excluding diaryl/α,β-unsaturated/α-hetero) is 1. The van der Waals surface area contributed by atoms with E-state index in [0.29, 0.717) is 19.3 Å². The van der Waals surface area contributed by atoms with E-state index in [9.17, 15) is 19.2 Å². The van der Waals surface area contributed by atoms with Gasteiger partial charge in [0.1, 0.15) is 6.29 Å². The number of hydrogen-bond acceptors (Lipinski definition) is 4. The van der Waals surface area contributed by atoms with E-state index in [1.165, 1.54) is 6.92 Å². The van der Waals surface area contributed by atoms with Gasteiger partial charge >= 0.3 is 0 Å². The van der Waals surface area contributed by atoms with Crippen LogP contribution in [0.3, 0.4) is 0 Å². The molecule has 0 aliphatic rings. The molecule has 0 aliphatic heterocycles. The van der Waals surface area contributed by atoms with Crippen LogP contribution in [0.15, 0.2) is 0 Å². The molecular weight excluding hydrogens is 344 g/mol. The molecule has 0 aromatic heterocycles. The Kier molecular flexibility index (Phi) is 12.6. The first-order chi connectivity index (χ1) is 12.6. The van der Waals surface area contributed by atoms with Gasteiger partial charge < -0.3 is 15.4 Å². The summed E-state index contributed by atoms with van der Waals surface area (Å²) in [4.78, 5) is 48.2. The van der Waals surface area contributed by atoms with Crippen molar-refractivity contribution in [2.75, 3.05) is 0 Å². The summed E-state index contributed by atoms with van der Waals surface area (Å²) in [6.07, 6.45) is 4.35. The van der Waals surface area contributed by atoms with Crippen molar-refractivity contribution < 1.29 is 19.2 Å². The molecule has 0 heterocycles. The largest absolute Gasteiger partial charge is 0.347 e. The van der Waals surface area contributed by atoms with Crippen molar-refractivity contribution in [2.45, 2.75) is 92.2 Å². The molecule has 0 spiro atoms. The van der Waals surface area contributed by atoms with E-state index in [1.54, 1.807) is 0 Å². The summed E-state index contributed by atoms with van der Waals surface area (Å²) >= 11 is 0. The first-order valence-corrected chi connectivity index (χ1v) is 10.2. The van der Waals surface area contributed by atoms with Gasteiger partial charge in [-0.1, -0.05) is 47.5 Å². The average molecular weight is 383 g/mol. The zero-order valence-electron chi connectivity index (χ0n) is 17.8. The van der Waals surface area contributed by atoms with Gasteiger partial charge in [-0.15, -0.1) is 0 Å². The Morgan fingerprint density at radius 2 is 1.56 bits per heavy atom. The van der Waals surface area contributed by atoms with E-state index >= 15 is 0 Å². The summed E-state index contributed by atoms with van der Waals surface area (Å²) in [6, 6.07) is -1.09. The highest BCUT2D eigenvalue weighted by atomic mass is 16.2. The van der Waals surface area contributed by atoms with E-state index in [0.717, 1.165) is 19.1 Å². The van der Waals surface area contributed by atoms with Crippen LogP contribution in [0.4, 0.5) is 0 Å². The fourth-order valence-corrected chi connectivity index (χ4v) is 3.12. The smallest absolute Gasteiger partial charge is 0.224 e. The van der Waals surface area contributed by atoms with E-state index in [2.05, 4.69) is 10.6 Å². The summed E-state index contributed by atoms with van der Waals surface area (Å²) in [6.45, 7) is 11.4. The maximum atomic E-state index is 12.8. The second-order valence-electron chi connectivity index (χ2n) is 8.27. The third-order valence-corrected chi connectivity index (χ3v) is 4.41. The Labute approximate surface area is 164 Å². The Bertz CT molecular complexity index is 489. The van der Waals surface area contributed by atoms with Gasteiger partial charge in [0.15, 0.2) is 5.78 Å². The lowest BCUT2D eigenvalue weighted by atomic mass is 9.87. The zero-order valence-corrected chi connectivity index (χ0v) is 17.8. The zero-order chi connectivity index (χ0) is 21.0. The van der Waals surface area contributed by atoms with Crippen LogP contribution in [-0.4, -0.2) is 36.0 Å². The molecule has 6 heteroatoms. The van der Waals surface area contributed by atoms with Gasteiger partial charge in [0, 0.05) is 19.3 Å². The van der Waals surface area contributed by atoms with Crippen molar-refractivity contribution in [1.29, 1.82) is 0 Å². The highest BCUT2D eigenvalue weighted by Gasteiger charge is 2.29. The van der Waals surface area contributed by atoms with Gasteiger partial charge in [-0.3, -0.25) is 14.4 Å². The van der Waals surface area contributed by atoms with Crippen molar-refractivity contribution in [2.24, 2.45) is 17.8 Å². The fourth-order valence-electron chi connectivity index (χ4n) is 3.12. The number of carbonyl (C=O) groups excluding carboxylic acids is 4. The van der Waals surface area contributed by atoms with Gasteiger partial charge in [0.25, 0.3) is 0 Å². The minimum atomic E-state index is -0.577. The van der Waals surface area contributed by atoms with E-state index in [1.807, 2.05) is 34.6 Å². The van der Waals surface area contributed by atoms with Crippen LogP contribution in [0.25, 0.3) is 0 Å². The monoisotopic (exact) mass is 382 g/mol. The number of ketones is 1. The Balaban J connectivity index is 5.14. The lowest BCUT2D eigenvalue weighted by Crippen LogP contribution is -2.44. The SMILES string of the molecule is CCCC[C@@H](C=O)NC(=O)[C@@H](CC(=O)[C@H](CC(C)C)NC(C)=O)CC(C)C. The third-order valence-electron chi connectivity index (χ3n) is 4.41. The second kappa shape index (κ2) is 13.4. The predicted octanol–water partition coefficient (Wildman–Crippen LogP) is 3.03. The van der Waals surface area contributed by atoms with Crippen LogP contribution in [0.5, 0.6) is 0 Å². The minimum absolute atomic E-state index is 0.0705. The molecule has 0 saturated carbocycles. The van der Waals surface area contributed by atoms with Crippen molar-refractivity contribution in [3.63, 3.8) is 0 Å². The summed E-state index contributed by atoms with van der Waals surface area (Å²) in [5.74, 6) is -0.642. The summed E-state index contributed by atoms with van der Waals surface area (Å²) < 4.78 is 0. The lowest BCUT2D eigenvalue weighted by molar-refractivity contribution is -0.133. The van der Waals surface area contributed by atoms with Crippen LogP contribution >= 0.6 is 0 Å². The van der Waals surface area contributed by atoms with E-state index in [4.69, 9.17) is 0 Å². The highest BCUT2D eigenvalue weighted by Crippen LogP contribution is 2.19. The fraction of sp³-hybridized carbons (Fsp3) is 0.810. The van der Waals surface area contributed by atoms with Gasteiger partial charge in [0.2, 0.25) is 11.8 Å². The van der Waals surface area contributed by atoms with Gasteiger partial charge in [-0.25, -0.2) is 0 Å². The van der Waals surface area contributed by atoms with Crippen LogP contribution in [0.2, 0.25) is 0 Å². The van der Waals surface area contributed by atoms with Gasteiger partial charge in [-0.2, -0.15) is 0 Å². The molecule has 156 valence electrons. The number of unbranched alkanes of at least 4 members (excludes halogenated alkanes) is 1. The first-order valence-electron chi connectivity index (χ1n) is 10.2. The number of carbonyl (C=O) groups is 4. The molecule has 0 fully saturated rings. The molecule has 27 heavy (non-hydrogen) atoms. The highest BCUT2D eigenvalue weighted by molar-refractivity contribution is 5.92. The molecule has 3 atom stereocenters. The topological polar surface area (TPSA) is 92.3 Å².